The van der Waals surface area contributed by atoms with E-state index in [4.69, 9.17) is 11.6 Å². The number of amides is 1. The van der Waals surface area contributed by atoms with Crippen molar-refractivity contribution in [2.24, 2.45) is 0 Å². The fourth-order valence-corrected chi connectivity index (χ4v) is 3.05. The third-order valence-electron chi connectivity index (χ3n) is 4.19. The van der Waals surface area contributed by atoms with Crippen molar-refractivity contribution >= 4 is 23.2 Å². The third-order valence-corrected chi connectivity index (χ3v) is 4.54. The Kier molecular flexibility index (Phi) is 4.85. The second-order valence-corrected chi connectivity index (χ2v) is 6.18. The van der Waals surface area contributed by atoms with Crippen molar-refractivity contribution in [3.63, 3.8) is 0 Å². The predicted octanol–water partition coefficient (Wildman–Crippen LogP) is 1.94. The van der Waals surface area contributed by atoms with Gasteiger partial charge in [0.25, 0.3) is 5.56 Å². The largest absolute Gasteiger partial charge is 0.370 e. The zero-order valence-corrected chi connectivity index (χ0v) is 14.2. The summed E-state index contributed by atoms with van der Waals surface area (Å²) in [6.07, 6.45) is 3.12. The van der Waals surface area contributed by atoms with Gasteiger partial charge in [-0.3, -0.25) is 9.59 Å². The van der Waals surface area contributed by atoms with Crippen LogP contribution in [-0.4, -0.2) is 47.3 Å². The highest BCUT2D eigenvalue weighted by Gasteiger charge is 2.21. The van der Waals surface area contributed by atoms with Crippen LogP contribution in [0.15, 0.2) is 41.3 Å². The first-order valence-corrected chi connectivity index (χ1v) is 8.28. The number of hydrogen-bond acceptors (Lipinski definition) is 4. The fraction of sp³-hybridized carbons (Fsp3) is 0.353. The van der Waals surface area contributed by atoms with Gasteiger partial charge in [-0.25, -0.2) is 0 Å². The van der Waals surface area contributed by atoms with Gasteiger partial charge in [0.2, 0.25) is 5.91 Å². The van der Waals surface area contributed by atoms with Crippen LogP contribution in [0.5, 0.6) is 0 Å². The quantitative estimate of drug-likeness (QED) is 0.830. The zero-order chi connectivity index (χ0) is 17.1. The number of carbonyl (C=O) groups is 1. The van der Waals surface area contributed by atoms with Crippen molar-refractivity contribution in [2.75, 3.05) is 31.6 Å². The third kappa shape index (κ3) is 3.28. The summed E-state index contributed by atoms with van der Waals surface area (Å²) < 4.78 is 1.28. The van der Waals surface area contributed by atoms with Gasteiger partial charge in [-0.2, -0.15) is 9.78 Å². The molecule has 0 saturated carbocycles. The van der Waals surface area contributed by atoms with Crippen LogP contribution in [0.4, 0.5) is 5.69 Å². The maximum atomic E-state index is 12.5. The molecule has 126 valence electrons. The first-order chi connectivity index (χ1) is 11.6. The van der Waals surface area contributed by atoms with Gasteiger partial charge in [-0.1, -0.05) is 29.8 Å². The van der Waals surface area contributed by atoms with Crippen LogP contribution in [0, 0.1) is 0 Å². The number of rotatable bonds is 5. The summed E-state index contributed by atoms with van der Waals surface area (Å²) in [6, 6.07) is 9.15. The van der Waals surface area contributed by atoms with Gasteiger partial charge in [0.15, 0.2) is 0 Å². The number of para-hydroxylation sites is 1. The van der Waals surface area contributed by atoms with Crippen molar-refractivity contribution in [1.82, 2.24) is 14.7 Å². The first kappa shape index (κ1) is 16.5. The highest BCUT2D eigenvalue weighted by molar-refractivity contribution is 6.33. The van der Waals surface area contributed by atoms with E-state index in [0.29, 0.717) is 30.9 Å². The SMILES string of the molecule is CN(CCN1CCCC1=O)c1cnn(-c2ccccc2)c(=O)c1Cl. The molecule has 6 nitrogen and oxygen atoms in total. The second-order valence-electron chi connectivity index (χ2n) is 5.80. The normalized spacial score (nSPS) is 14.2. The average molecular weight is 347 g/mol. The smallest absolute Gasteiger partial charge is 0.292 e. The number of hydrogen-bond donors (Lipinski definition) is 0. The molecule has 1 aliphatic heterocycles. The average Bonchev–Trinajstić information content (AvgIpc) is 3.01. The Hall–Kier alpha value is -2.34. The Morgan fingerprint density at radius 3 is 2.67 bits per heavy atom. The van der Waals surface area contributed by atoms with Crippen LogP contribution in [0.25, 0.3) is 5.69 Å². The molecular weight excluding hydrogens is 328 g/mol. The molecule has 24 heavy (non-hydrogen) atoms. The van der Waals surface area contributed by atoms with Crippen LogP contribution in [-0.2, 0) is 4.79 Å². The summed E-state index contributed by atoms with van der Waals surface area (Å²) in [6.45, 7) is 2.02. The Morgan fingerprint density at radius 1 is 1.25 bits per heavy atom. The molecule has 0 N–H and O–H groups in total. The maximum Gasteiger partial charge on any atom is 0.292 e. The standard InChI is InChI=1S/C17H19ClN4O2/c1-20(10-11-21-9-5-8-15(21)23)14-12-19-22(17(24)16(14)18)13-6-3-2-4-7-13/h2-4,6-7,12H,5,8-11H2,1H3. The van der Waals surface area contributed by atoms with E-state index in [1.165, 1.54) is 4.68 Å². The number of nitrogens with zero attached hydrogens (tertiary/aromatic N) is 4. The van der Waals surface area contributed by atoms with Gasteiger partial charge < -0.3 is 9.80 Å². The molecule has 2 aromatic rings. The van der Waals surface area contributed by atoms with Gasteiger partial charge in [0, 0.05) is 33.1 Å². The molecule has 0 unspecified atom stereocenters. The number of likely N-dealkylation sites (N-methyl/N-ethyl adjacent to an activating group) is 1. The molecule has 7 heteroatoms. The molecule has 1 amide bonds. The molecule has 1 aliphatic rings. The van der Waals surface area contributed by atoms with Crippen molar-refractivity contribution < 1.29 is 4.79 Å². The van der Waals surface area contributed by atoms with Crippen molar-refractivity contribution in [2.45, 2.75) is 12.8 Å². The number of aromatic nitrogens is 2. The van der Waals surface area contributed by atoms with E-state index in [0.717, 1.165) is 13.0 Å². The molecule has 0 bridgehead atoms. The van der Waals surface area contributed by atoms with Gasteiger partial charge >= 0.3 is 0 Å². The molecule has 0 aliphatic carbocycles. The summed E-state index contributed by atoms with van der Waals surface area (Å²) in [4.78, 5) is 27.8. The van der Waals surface area contributed by atoms with Gasteiger partial charge in [0.1, 0.15) is 5.02 Å². The number of halogens is 1. The molecule has 2 heterocycles. The summed E-state index contributed by atoms with van der Waals surface area (Å²) in [5.41, 5.74) is 0.881. The second kappa shape index (κ2) is 7.05. The number of anilines is 1. The number of likely N-dealkylation sites (tertiary alicyclic amines) is 1. The lowest BCUT2D eigenvalue weighted by Gasteiger charge is -2.24. The predicted molar refractivity (Wildman–Crippen MR) is 93.9 cm³/mol. The summed E-state index contributed by atoms with van der Waals surface area (Å²) in [5.74, 6) is 0.187. The van der Waals surface area contributed by atoms with E-state index in [-0.39, 0.29) is 16.5 Å². The molecule has 1 aromatic carbocycles. The molecule has 1 fully saturated rings. The minimum absolute atomic E-state index is 0.129. The van der Waals surface area contributed by atoms with Crippen LogP contribution in [0.3, 0.4) is 0 Å². The van der Waals surface area contributed by atoms with E-state index < -0.39 is 0 Å². The summed E-state index contributed by atoms with van der Waals surface area (Å²) in [5, 5.41) is 4.35. The highest BCUT2D eigenvalue weighted by Crippen LogP contribution is 2.20. The molecule has 0 spiro atoms. The molecular formula is C17H19ClN4O2. The van der Waals surface area contributed by atoms with E-state index >= 15 is 0 Å². The van der Waals surface area contributed by atoms with E-state index in [2.05, 4.69) is 5.10 Å². The van der Waals surface area contributed by atoms with Crippen LogP contribution in [0.2, 0.25) is 5.02 Å². The fourth-order valence-electron chi connectivity index (χ4n) is 2.77. The Bertz CT molecular complexity index is 791. The summed E-state index contributed by atoms with van der Waals surface area (Å²) >= 11 is 6.27. The Morgan fingerprint density at radius 2 is 2.00 bits per heavy atom. The van der Waals surface area contributed by atoms with Crippen molar-refractivity contribution in [3.8, 4) is 5.69 Å². The number of carbonyl (C=O) groups excluding carboxylic acids is 1. The van der Waals surface area contributed by atoms with E-state index in [9.17, 15) is 9.59 Å². The zero-order valence-electron chi connectivity index (χ0n) is 13.5. The minimum Gasteiger partial charge on any atom is -0.370 e. The monoisotopic (exact) mass is 346 g/mol. The van der Waals surface area contributed by atoms with E-state index in [1.54, 1.807) is 18.3 Å². The van der Waals surface area contributed by atoms with Crippen LogP contribution >= 0.6 is 11.6 Å². The number of benzene rings is 1. The van der Waals surface area contributed by atoms with E-state index in [1.807, 2.05) is 35.0 Å². The Labute approximate surface area is 145 Å². The van der Waals surface area contributed by atoms with Gasteiger partial charge in [-0.15, -0.1) is 0 Å². The Balaban J connectivity index is 1.78. The lowest BCUT2D eigenvalue weighted by Crippen LogP contribution is -2.35. The topological polar surface area (TPSA) is 58.4 Å². The summed E-state index contributed by atoms with van der Waals surface area (Å²) in [7, 11) is 1.84. The molecule has 0 atom stereocenters. The molecule has 1 saturated heterocycles. The lowest BCUT2D eigenvalue weighted by molar-refractivity contribution is -0.127. The van der Waals surface area contributed by atoms with Crippen molar-refractivity contribution in [1.29, 1.82) is 0 Å². The lowest BCUT2D eigenvalue weighted by atomic mass is 10.3. The van der Waals surface area contributed by atoms with Crippen molar-refractivity contribution in [3.05, 3.63) is 51.9 Å². The molecule has 0 radical (unpaired) electrons. The first-order valence-electron chi connectivity index (χ1n) is 7.90. The minimum atomic E-state index is -0.357. The highest BCUT2D eigenvalue weighted by atomic mass is 35.5. The van der Waals surface area contributed by atoms with Gasteiger partial charge in [0.05, 0.1) is 17.6 Å². The molecule has 1 aromatic heterocycles. The van der Waals surface area contributed by atoms with Crippen LogP contribution < -0.4 is 10.5 Å². The maximum absolute atomic E-state index is 12.5. The van der Waals surface area contributed by atoms with Gasteiger partial charge in [-0.05, 0) is 18.6 Å². The molecule has 3 rings (SSSR count). The van der Waals surface area contributed by atoms with Crippen LogP contribution in [0.1, 0.15) is 12.8 Å².